The first-order valence-corrected chi connectivity index (χ1v) is 8.29. The van der Waals surface area contributed by atoms with E-state index in [-0.39, 0.29) is 17.2 Å². The second kappa shape index (κ2) is 7.15. The smallest absolute Gasteiger partial charge is 0.277 e. The Morgan fingerprint density at radius 1 is 1.32 bits per heavy atom. The van der Waals surface area contributed by atoms with E-state index in [1.165, 1.54) is 11.8 Å². The van der Waals surface area contributed by atoms with E-state index < -0.39 is 0 Å². The molecule has 118 valence electrons. The summed E-state index contributed by atoms with van der Waals surface area (Å²) in [5, 5.41) is 11.9. The van der Waals surface area contributed by atoms with Gasteiger partial charge in [0, 0.05) is 16.1 Å². The number of nitrogens with one attached hydrogen (secondary N) is 1. The quantitative estimate of drug-likeness (QED) is 0.811. The van der Waals surface area contributed by atoms with Gasteiger partial charge in [0.25, 0.3) is 5.22 Å². The Balaban J connectivity index is 1.92. The molecule has 1 aromatic heterocycles. The Hall–Kier alpha value is -1.53. The average molecular weight is 340 g/mol. The van der Waals surface area contributed by atoms with E-state index in [0.29, 0.717) is 16.1 Å². The highest BCUT2D eigenvalue weighted by molar-refractivity contribution is 7.99. The molecule has 0 fully saturated rings. The summed E-state index contributed by atoms with van der Waals surface area (Å²) < 4.78 is 5.53. The predicted octanol–water partition coefficient (Wildman–Crippen LogP) is 3.79. The molecule has 0 aliphatic rings. The molecule has 2 aromatic rings. The molecule has 0 atom stereocenters. The van der Waals surface area contributed by atoms with Crippen LogP contribution in [0.5, 0.6) is 0 Å². The summed E-state index contributed by atoms with van der Waals surface area (Å²) >= 11 is 7.06. The van der Waals surface area contributed by atoms with E-state index in [2.05, 4.69) is 15.5 Å². The van der Waals surface area contributed by atoms with Gasteiger partial charge < -0.3 is 9.73 Å². The third-order valence-corrected chi connectivity index (χ3v) is 4.26. The van der Waals surface area contributed by atoms with Crippen LogP contribution >= 0.6 is 23.4 Å². The molecule has 5 nitrogen and oxygen atoms in total. The van der Waals surface area contributed by atoms with Crippen LogP contribution in [0.4, 0.5) is 0 Å². The standard InChI is InChI=1S/C15H18ClN3O2S/c1-4-15(2,3)17-12(20)9-22-14-19-18-13(21-14)10-5-7-11(16)8-6-10/h5-8H,4,9H2,1-3H3,(H,17,20). The highest BCUT2D eigenvalue weighted by Gasteiger charge is 2.18. The molecule has 1 amide bonds. The predicted molar refractivity (Wildman–Crippen MR) is 88.0 cm³/mol. The van der Waals surface area contributed by atoms with Crippen LogP contribution in [0.3, 0.4) is 0 Å². The lowest BCUT2D eigenvalue weighted by molar-refractivity contribution is -0.120. The van der Waals surface area contributed by atoms with Crippen LogP contribution in [0.1, 0.15) is 27.2 Å². The number of rotatable bonds is 6. The van der Waals surface area contributed by atoms with E-state index in [9.17, 15) is 4.79 Å². The van der Waals surface area contributed by atoms with Gasteiger partial charge in [0.1, 0.15) is 0 Å². The first-order valence-electron chi connectivity index (χ1n) is 6.93. The zero-order valence-corrected chi connectivity index (χ0v) is 14.3. The van der Waals surface area contributed by atoms with Crippen LogP contribution in [0.2, 0.25) is 5.02 Å². The zero-order chi connectivity index (χ0) is 16.2. The maximum absolute atomic E-state index is 11.9. The minimum absolute atomic E-state index is 0.0527. The van der Waals surface area contributed by atoms with E-state index in [1.54, 1.807) is 24.3 Å². The van der Waals surface area contributed by atoms with Crippen LogP contribution in [-0.2, 0) is 4.79 Å². The van der Waals surface area contributed by atoms with Crippen molar-refractivity contribution in [3.8, 4) is 11.5 Å². The second-order valence-electron chi connectivity index (χ2n) is 5.45. The van der Waals surface area contributed by atoms with Crippen LogP contribution < -0.4 is 5.32 Å². The fraction of sp³-hybridized carbons (Fsp3) is 0.400. The lowest BCUT2D eigenvalue weighted by Crippen LogP contribution is -2.43. The van der Waals surface area contributed by atoms with Gasteiger partial charge in [-0.3, -0.25) is 4.79 Å². The number of benzene rings is 1. The van der Waals surface area contributed by atoms with Crippen molar-refractivity contribution < 1.29 is 9.21 Å². The normalized spacial score (nSPS) is 11.5. The zero-order valence-electron chi connectivity index (χ0n) is 12.7. The van der Waals surface area contributed by atoms with Gasteiger partial charge in [0.05, 0.1) is 5.75 Å². The summed E-state index contributed by atoms with van der Waals surface area (Å²) in [6.07, 6.45) is 0.866. The molecule has 0 aliphatic heterocycles. The van der Waals surface area contributed by atoms with Crippen molar-refractivity contribution >= 4 is 29.3 Å². The number of nitrogens with zero attached hydrogens (tertiary/aromatic N) is 2. The van der Waals surface area contributed by atoms with Crippen molar-refractivity contribution in [1.82, 2.24) is 15.5 Å². The monoisotopic (exact) mass is 339 g/mol. The number of halogens is 1. The molecule has 22 heavy (non-hydrogen) atoms. The van der Waals surface area contributed by atoms with Gasteiger partial charge in [0.2, 0.25) is 11.8 Å². The summed E-state index contributed by atoms with van der Waals surface area (Å²) in [6.45, 7) is 6.01. The first kappa shape index (κ1) is 16.8. The maximum Gasteiger partial charge on any atom is 0.277 e. The van der Waals surface area contributed by atoms with Crippen LogP contribution in [-0.4, -0.2) is 27.4 Å². The van der Waals surface area contributed by atoms with Gasteiger partial charge in [-0.2, -0.15) is 0 Å². The number of carbonyl (C=O) groups is 1. The largest absolute Gasteiger partial charge is 0.411 e. The Kier molecular flexibility index (Phi) is 5.47. The average Bonchev–Trinajstić information content (AvgIpc) is 2.94. The molecule has 1 heterocycles. The third kappa shape index (κ3) is 4.74. The molecular weight excluding hydrogens is 322 g/mol. The van der Waals surface area contributed by atoms with Crippen molar-refractivity contribution in [3.05, 3.63) is 29.3 Å². The summed E-state index contributed by atoms with van der Waals surface area (Å²) in [5.41, 5.74) is 0.585. The summed E-state index contributed by atoms with van der Waals surface area (Å²) in [5.74, 6) is 0.600. The van der Waals surface area contributed by atoms with Crippen molar-refractivity contribution in [2.24, 2.45) is 0 Å². The van der Waals surface area contributed by atoms with Crippen LogP contribution in [0.15, 0.2) is 33.9 Å². The molecular formula is C15H18ClN3O2S. The van der Waals surface area contributed by atoms with Crippen LogP contribution in [0.25, 0.3) is 11.5 Å². The summed E-state index contributed by atoms with van der Waals surface area (Å²) in [4.78, 5) is 11.9. The fourth-order valence-electron chi connectivity index (χ4n) is 1.61. The van der Waals surface area contributed by atoms with E-state index in [4.69, 9.17) is 16.0 Å². The van der Waals surface area contributed by atoms with Crippen molar-refractivity contribution in [3.63, 3.8) is 0 Å². The van der Waals surface area contributed by atoms with Gasteiger partial charge in [0.15, 0.2) is 0 Å². The minimum Gasteiger partial charge on any atom is -0.411 e. The highest BCUT2D eigenvalue weighted by Crippen LogP contribution is 2.24. The number of aromatic nitrogens is 2. The number of amides is 1. The van der Waals surface area contributed by atoms with Gasteiger partial charge in [-0.25, -0.2) is 0 Å². The van der Waals surface area contributed by atoms with Crippen molar-refractivity contribution in [2.45, 2.75) is 38.0 Å². The lowest BCUT2D eigenvalue weighted by atomic mass is 10.0. The SMILES string of the molecule is CCC(C)(C)NC(=O)CSc1nnc(-c2ccc(Cl)cc2)o1. The molecule has 0 unspecified atom stereocenters. The summed E-state index contributed by atoms with van der Waals surface area (Å²) in [7, 11) is 0. The second-order valence-corrected chi connectivity index (χ2v) is 6.82. The number of carbonyl (C=O) groups excluding carboxylic acids is 1. The maximum atomic E-state index is 11.9. The summed E-state index contributed by atoms with van der Waals surface area (Å²) in [6, 6.07) is 7.13. The molecule has 0 spiro atoms. The van der Waals surface area contributed by atoms with Crippen molar-refractivity contribution in [2.75, 3.05) is 5.75 Å². The third-order valence-electron chi connectivity index (χ3n) is 3.19. The molecule has 0 saturated heterocycles. The Morgan fingerprint density at radius 2 is 2.00 bits per heavy atom. The Morgan fingerprint density at radius 3 is 2.64 bits per heavy atom. The molecule has 1 aromatic carbocycles. The van der Waals surface area contributed by atoms with E-state index >= 15 is 0 Å². The molecule has 0 radical (unpaired) electrons. The first-order chi connectivity index (χ1) is 10.4. The van der Waals surface area contributed by atoms with Gasteiger partial charge in [-0.15, -0.1) is 10.2 Å². The molecule has 0 bridgehead atoms. The van der Waals surface area contributed by atoms with Crippen LogP contribution in [0, 0.1) is 0 Å². The molecule has 7 heteroatoms. The fourth-order valence-corrected chi connectivity index (χ4v) is 2.30. The molecule has 1 N–H and O–H groups in total. The van der Waals surface area contributed by atoms with Gasteiger partial charge in [-0.05, 0) is 44.5 Å². The molecule has 0 saturated carbocycles. The van der Waals surface area contributed by atoms with Gasteiger partial charge in [-0.1, -0.05) is 30.3 Å². The Labute approximate surface area is 138 Å². The highest BCUT2D eigenvalue weighted by atomic mass is 35.5. The number of hydrogen-bond donors (Lipinski definition) is 1. The lowest BCUT2D eigenvalue weighted by Gasteiger charge is -2.24. The minimum atomic E-state index is -0.207. The van der Waals surface area contributed by atoms with E-state index in [0.717, 1.165) is 12.0 Å². The molecule has 2 rings (SSSR count). The molecule has 0 aliphatic carbocycles. The van der Waals surface area contributed by atoms with Gasteiger partial charge >= 0.3 is 0 Å². The number of hydrogen-bond acceptors (Lipinski definition) is 5. The topological polar surface area (TPSA) is 68.0 Å². The van der Waals surface area contributed by atoms with E-state index in [1.807, 2.05) is 20.8 Å². The van der Waals surface area contributed by atoms with Crippen molar-refractivity contribution in [1.29, 1.82) is 0 Å². The number of thioether (sulfide) groups is 1. The Bertz CT molecular complexity index is 640.